The van der Waals surface area contributed by atoms with Crippen LogP contribution in [0.4, 0.5) is 0 Å². The van der Waals surface area contributed by atoms with Crippen molar-refractivity contribution in [3.63, 3.8) is 0 Å². The van der Waals surface area contributed by atoms with Gasteiger partial charge in [-0.05, 0) is 41.2 Å². The van der Waals surface area contributed by atoms with Crippen LogP contribution >= 0.6 is 0 Å². The Kier molecular flexibility index (Phi) is 2.10. The second-order valence-corrected chi connectivity index (χ2v) is 5.93. The van der Waals surface area contributed by atoms with E-state index in [1.807, 2.05) is 0 Å². The van der Waals surface area contributed by atoms with E-state index in [1.165, 1.54) is 34.7 Å². The molecule has 0 amide bonds. The second-order valence-electron chi connectivity index (χ2n) is 5.93. The van der Waals surface area contributed by atoms with Crippen molar-refractivity contribution in [2.75, 3.05) is 0 Å². The smallest absolute Gasteiger partial charge is 0.0719 e. The van der Waals surface area contributed by atoms with E-state index in [2.05, 4.69) is 36.4 Å². The summed E-state index contributed by atoms with van der Waals surface area (Å²) in [6.07, 6.45) is 5.33. The average molecular weight is 238 g/mol. The lowest BCUT2D eigenvalue weighted by Gasteiger charge is -2.30. The molecular formula is C17H18O. The summed E-state index contributed by atoms with van der Waals surface area (Å²) in [4.78, 5) is 0. The number of hydrogen-bond donors (Lipinski definition) is 1. The molecule has 0 spiro atoms. The zero-order chi connectivity index (χ0) is 12.2. The summed E-state index contributed by atoms with van der Waals surface area (Å²) in [5, 5.41) is 13.7. The van der Waals surface area contributed by atoms with Gasteiger partial charge in [0.15, 0.2) is 0 Å². The molecule has 1 fully saturated rings. The van der Waals surface area contributed by atoms with Gasteiger partial charge >= 0.3 is 0 Å². The average Bonchev–Trinajstić information content (AvgIpc) is 2.97. The van der Waals surface area contributed by atoms with Gasteiger partial charge in [0.2, 0.25) is 0 Å². The van der Waals surface area contributed by atoms with Crippen LogP contribution in [0.2, 0.25) is 0 Å². The Morgan fingerprint density at radius 2 is 1.72 bits per heavy atom. The first kappa shape index (κ1) is 10.6. The van der Waals surface area contributed by atoms with Gasteiger partial charge in [0.25, 0.3) is 0 Å². The second kappa shape index (κ2) is 3.58. The first-order valence-electron chi connectivity index (χ1n) is 7.01. The highest BCUT2D eigenvalue weighted by Crippen LogP contribution is 2.49. The first-order chi connectivity index (χ1) is 8.78. The molecule has 2 aliphatic rings. The maximum Gasteiger partial charge on any atom is 0.0719 e. The Labute approximate surface area is 107 Å². The van der Waals surface area contributed by atoms with Gasteiger partial charge in [-0.2, -0.15) is 0 Å². The van der Waals surface area contributed by atoms with Crippen LogP contribution < -0.4 is 0 Å². The molecule has 2 aliphatic carbocycles. The molecule has 1 heteroatoms. The van der Waals surface area contributed by atoms with Crippen molar-refractivity contribution in [2.45, 2.75) is 43.6 Å². The van der Waals surface area contributed by atoms with Crippen molar-refractivity contribution >= 4 is 10.8 Å². The van der Waals surface area contributed by atoms with Crippen LogP contribution in [-0.2, 0) is 6.42 Å². The topological polar surface area (TPSA) is 20.2 Å². The summed E-state index contributed by atoms with van der Waals surface area (Å²) in [6.45, 7) is 0. The van der Waals surface area contributed by atoms with E-state index >= 15 is 0 Å². The van der Waals surface area contributed by atoms with E-state index in [1.54, 1.807) is 0 Å². The fourth-order valence-corrected chi connectivity index (χ4v) is 4.06. The molecule has 2 aromatic rings. The molecule has 4 rings (SSSR count). The summed E-state index contributed by atoms with van der Waals surface area (Å²) in [7, 11) is 0. The van der Waals surface area contributed by atoms with Crippen LogP contribution in [0.3, 0.4) is 0 Å². The minimum Gasteiger partial charge on any atom is -0.389 e. The fourth-order valence-electron chi connectivity index (χ4n) is 4.06. The molecule has 18 heavy (non-hydrogen) atoms. The van der Waals surface area contributed by atoms with E-state index in [9.17, 15) is 5.11 Å². The minimum atomic E-state index is -0.451. The molecule has 0 aromatic heterocycles. The quantitative estimate of drug-likeness (QED) is 0.801. The zero-order valence-electron chi connectivity index (χ0n) is 10.5. The molecule has 0 saturated heterocycles. The van der Waals surface area contributed by atoms with Gasteiger partial charge in [-0.25, -0.2) is 0 Å². The van der Waals surface area contributed by atoms with Crippen molar-refractivity contribution in [3.8, 4) is 0 Å². The molecule has 0 aliphatic heterocycles. The van der Waals surface area contributed by atoms with Crippen LogP contribution in [0, 0.1) is 0 Å². The number of benzene rings is 2. The van der Waals surface area contributed by atoms with Gasteiger partial charge in [0.05, 0.1) is 5.60 Å². The molecule has 2 aromatic carbocycles. The molecule has 92 valence electrons. The van der Waals surface area contributed by atoms with Crippen molar-refractivity contribution in [1.82, 2.24) is 0 Å². The molecule has 1 saturated carbocycles. The molecule has 1 unspecified atom stereocenters. The highest BCUT2D eigenvalue weighted by atomic mass is 16.3. The standard InChI is InChI=1S/C17H18O/c18-17(9-1-2-10-17)15-11-13-7-3-5-12-6-4-8-14(15)16(12)13/h3-8,15,18H,1-2,9-11H2. The third-order valence-electron chi connectivity index (χ3n) is 4.94. The van der Waals surface area contributed by atoms with Gasteiger partial charge in [-0.1, -0.05) is 49.2 Å². The number of rotatable bonds is 1. The number of hydrogen-bond acceptors (Lipinski definition) is 1. The van der Waals surface area contributed by atoms with E-state index in [-0.39, 0.29) is 0 Å². The van der Waals surface area contributed by atoms with Crippen LogP contribution in [0.25, 0.3) is 10.8 Å². The molecule has 1 atom stereocenters. The van der Waals surface area contributed by atoms with E-state index in [0.29, 0.717) is 5.92 Å². The third kappa shape index (κ3) is 1.31. The van der Waals surface area contributed by atoms with Crippen molar-refractivity contribution < 1.29 is 5.11 Å². The van der Waals surface area contributed by atoms with Crippen molar-refractivity contribution in [2.24, 2.45) is 0 Å². The Morgan fingerprint density at radius 3 is 2.50 bits per heavy atom. The molecular weight excluding hydrogens is 220 g/mol. The lowest BCUT2D eigenvalue weighted by Crippen LogP contribution is -2.32. The summed E-state index contributed by atoms with van der Waals surface area (Å²) >= 11 is 0. The van der Waals surface area contributed by atoms with Crippen LogP contribution in [-0.4, -0.2) is 10.7 Å². The SMILES string of the molecule is OC1(C2Cc3cccc4cccc2c34)CCCC1. The monoisotopic (exact) mass is 238 g/mol. The minimum absolute atomic E-state index is 0.320. The van der Waals surface area contributed by atoms with Gasteiger partial charge in [0, 0.05) is 5.92 Å². The highest BCUT2D eigenvalue weighted by Gasteiger charge is 2.43. The van der Waals surface area contributed by atoms with Gasteiger partial charge in [0.1, 0.15) is 0 Å². The molecule has 1 N–H and O–H groups in total. The molecule has 0 radical (unpaired) electrons. The summed E-state index contributed by atoms with van der Waals surface area (Å²) < 4.78 is 0. The fraction of sp³-hybridized carbons (Fsp3) is 0.412. The number of aliphatic hydroxyl groups is 1. The van der Waals surface area contributed by atoms with E-state index < -0.39 is 5.60 Å². The maximum absolute atomic E-state index is 10.9. The van der Waals surface area contributed by atoms with Crippen molar-refractivity contribution in [3.05, 3.63) is 47.5 Å². The third-order valence-corrected chi connectivity index (χ3v) is 4.94. The van der Waals surface area contributed by atoms with Gasteiger partial charge in [-0.15, -0.1) is 0 Å². The van der Waals surface area contributed by atoms with Gasteiger partial charge < -0.3 is 5.11 Å². The molecule has 0 heterocycles. The predicted molar refractivity (Wildman–Crippen MR) is 73.8 cm³/mol. The zero-order valence-corrected chi connectivity index (χ0v) is 10.5. The van der Waals surface area contributed by atoms with Crippen LogP contribution in [0.5, 0.6) is 0 Å². The summed E-state index contributed by atoms with van der Waals surface area (Å²) in [5.41, 5.74) is 2.36. The Balaban J connectivity index is 1.91. The first-order valence-corrected chi connectivity index (χ1v) is 7.01. The lowest BCUT2D eigenvalue weighted by atomic mass is 9.81. The molecule has 1 nitrogen and oxygen atoms in total. The summed E-state index contributed by atoms with van der Waals surface area (Å²) in [6, 6.07) is 13.1. The predicted octanol–water partition coefficient (Wildman–Crippen LogP) is 3.78. The molecule has 0 bridgehead atoms. The van der Waals surface area contributed by atoms with E-state index in [0.717, 1.165) is 19.3 Å². The van der Waals surface area contributed by atoms with E-state index in [4.69, 9.17) is 0 Å². The van der Waals surface area contributed by atoms with Crippen LogP contribution in [0.15, 0.2) is 36.4 Å². The largest absolute Gasteiger partial charge is 0.389 e. The van der Waals surface area contributed by atoms with Crippen LogP contribution in [0.1, 0.15) is 42.7 Å². The highest BCUT2D eigenvalue weighted by molar-refractivity contribution is 5.91. The van der Waals surface area contributed by atoms with Gasteiger partial charge in [-0.3, -0.25) is 0 Å². The normalized spacial score (nSPS) is 24.8. The Morgan fingerprint density at radius 1 is 1.00 bits per heavy atom. The Bertz CT molecular complexity index is 603. The lowest BCUT2D eigenvalue weighted by molar-refractivity contribution is 0.0204. The Hall–Kier alpha value is -1.34. The summed E-state index contributed by atoms with van der Waals surface area (Å²) in [5.74, 6) is 0.320. The maximum atomic E-state index is 10.9. The van der Waals surface area contributed by atoms with Crippen molar-refractivity contribution in [1.29, 1.82) is 0 Å².